The molecule has 0 aliphatic carbocycles. The van der Waals surface area contributed by atoms with E-state index in [-0.39, 0.29) is 12.3 Å². The summed E-state index contributed by atoms with van der Waals surface area (Å²) in [4.78, 5) is 14.2. The maximum absolute atomic E-state index is 13.2. The molecule has 1 N–H and O–H groups in total. The van der Waals surface area contributed by atoms with Gasteiger partial charge in [-0.2, -0.15) is 0 Å². The first kappa shape index (κ1) is 14.4. The van der Waals surface area contributed by atoms with Gasteiger partial charge in [0.1, 0.15) is 0 Å². The Balaban J connectivity index is 1.61. The highest BCUT2D eigenvalue weighted by Crippen LogP contribution is 2.27. The van der Waals surface area contributed by atoms with Crippen LogP contribution in [0.3, 0.4) is 0 Å². The van der Waals surface area contributed by atoms with Crippen LogP contribution < -0.4 is 5.32 Å². The quantitative estimate of drug-likeness (QED) is 0.904. The van der Waals surface area contributed by atoms with Gasteiger partial charge in [-0.3, -0.25) is 4.79 Å². The van der Waals surface area contributed by atoms with Crippen LogP contribution in [0.4, 0.5) is 8.78 Å². The highest BCUT2D eigenvalue weighted by atomic mass is 19.2. The predicted octanol–water partition coefficient (Wildman–Crippen LogP) is 1.97. The van der Waals surface area contributed by atoms with Crippen LogP contribution in [0, 0.1) is 23.5 Å². The van der Waals surface area contributed by atoms with Crippen LogP contribution in [0.1, 0.15) is 18.4 Å². The number of halogens is 2. The van der Waals surface area contributed by atoms with Crippen molar-refractivity contribution in [2.75, 3.05) is 26.2 Å². The smallest absolute Gasteiger partial charge is 0.226 e. The first-order valence-electron chi connectivity index (χ1n) is 7.56. The van der Waals surface area contributed by atoms with Gasteiger partial charge in [-0.25, -0.2) is 8.78 Å². The lowest BCUT2D eigenvalue weighted by atomic mass is 9.92. The van der Waals surface area contributed by atoms with E-state index in [2.05, 4.69) is 5.32 Å². The fourth-order valence-corrected chi connectivity index (χ4v) is 3.40. The van der Waals surface area contributed by atoms with E-state index in [1.165, 1.54) is 6.07 Å². The lowest BCUT2D eigenvalue weighted by molar-refractivity contribution is -0.130. The van der Waals surface area contributed by atoms with Crippen molar-refractivity contribution in [3.05, 3.63) is 35.4 Å². The van der Waals surface area contributed by atoms with Crippen molar-refractivity contribution < 1.29 is 13.6 Å². The molecule has 114 valence electrons. The molecule has 2 atom stereocenters. The molecule has 2 aliphatic rings. The molecule has 2 heterocycles. The second kappa shape index (κ2) is 6.10. The Morgan fingerprint density at radius 3 is 2.43 bits per heavy atom. The number of carbonyl (C=O) groups excluding carboxylic acids is 1. The first-order chi connectivity index (χ1) is 10.1. The number of fused-ring (bicyclic) bond motifs is 1. The van der Waals surface area contributed by atoms with Gasteiger partial charge in [-0.05, 0) is 55.5 Å². The molecular weight excluding hydrogens is 274 g/mol. The number of nitrogens with one attached hydrogen (secondary N) is 1. The van der Waals surface area contributed by atoms with E-state index in [4.69, 9.17) is 0 Å². The summed E-state index contributed by atoms with van der Waals surface area (Å²) in [5, 5.41) is 3.41. The number of amides is 1. The highest BCUT2D eigenvalue weighted by Gasteiger charge is 2.31. The molecule has 3 rings (SSSR count). The van der Waals surface area contributed by atoms with Gasteiger partial charge in [0.2, 0.25) is 5.91 Å². The van der Waals surface area contributed by atoms with Gasteiger partial charge in [-0.1, -0.05) is 6.07 Å². The van der Waals surface area contributed by atoms with Gasteiger partial charge in [0, 0.05) is 13.1 Å². The van der Waals surface area contributed by atoms with Crippen LogP contribution in [0.2, 0.25) is 0 Å². The Morgan fingerprint density at radius 2 is 1.81 bits per heavy atom. The van der Waals surface area contributed by atoms with E-state index >= 15 is 0 Å². The van der Waals surface area contributed by atoms with Crippen molar-refractivity contribution in [1.82, 2.24) is 10.2 Å². The number of rotatable bonds is 2. The Kier molecular flexibility index (Phi) is 4.19. The zero-order valence-corrected chi connectivity index (χ0v) is 11.9. The van der Waals surface area contributed by atoms with Crippen molar-refractivity contribution in [1.29, 1.82) is 0 Å². The SMILES string of the molecule is O=C(Cc1ccc(F)c(F)c1)N1CC[C@@H]2CNC[C@@H]2CC1. The van der Waals surface area contributed by atoms with E-state index in [1.807, 2.05) is 4.90 Å². The summed E-state index contributed by atoms with van der Waals surface area (Å²) in [7, 11) is 0. The normalized spacial score (nSPS) is 25.5. The Labute approximate surface area is 123 Å². The summed E-state index contributed by atoms with van der Waals surface area (Å²) in [6.45, 7) is 3.64. The van der Waals surface area contributed by atoms with Gasteiger partial charge in [-0.15, -0.1) is 0 Å². The largest absolute Gasteiger partial charge is 0.342 e. The van der Waals surface area contributed by atoms with Crippen LogP contribution >= 0.6 is 0 Å². The number of nitrogens with zero attached hydrogens (tertiary/aromatic N) is 1. The van der Waals surface area contributed by atoms with E-state index in [9.17, 15) is 13.6 Å². The van der Waals surface area contributed by atoms with E-state index < -0.39 is 11.6 Å². The number of hydrogen-bond donors (Lipinski definition) is 1. The zero-order valence-electron chi connectivity index (χ0n) is 11.9. The molecule has 5 heteroatoms. The third kappa shape index (κ3) is 3.23. The third-order valence-corrected chi connectivity index (χ3v) is 4.71. The average molecular weight is 294 g/mol. The molecule has 0 spiro atoms. The molecule has 2 saturated heterocycles. The van der Waals surface area contributed by atoms with Crippen molar-refractivity contribution >= 4 is 5.91 Å². The molecule has 0 unspecified atom stereocenters. The van der Waals surface area contributed by atoms with E-state index in [0.29, 0.717) is 17.4 Å². The van der Waals surface area contributed by atoms with Gasteiger partial charge in [0.05, 0.1) is 6.42 Å². The fraction of sp³-hybridized carbons (Fsp3) is 0.562. The van der Waals surface area contributed by atoms with Crippen LogP contribution in [-0.4, -0.2) is 37.0 Å². The number of carbonyl (C=O) groups is 1. The average Bonchev–Trinajstić information content (AvgIpc) is 2.81. The Morgan fingerprint density at radius 1 is 1.14 bits per heavy atom. The molecule has 1 aromatic carbocycles. The summed E-state index contributed by atoms with van der Waals surface area (Å²) < 4.78 is 26.1. The van der Waals surface area contributed by atoms with Gasteiger partial charge in [0.25, 0.3) is 0 Å². The monoisotopic (exact) mass is 294 g/mol. The standard InChI is InChI=1S/C16H20F2N2O/c17-14-2-1-11(7-15(14)18)8-16(21)20-5-3-12-9-19-10-13(12)4-6-20/h1-2,7,12-13,19H,3-6,8-10H2/t12-,13+. The Bertz CT molecular complexity index is 521. The molecule has 3 nitrogen and oxygen atoms in total. The second-order valence-electron chi connectivity index (χ2n) is 6.06. The van der Waals surface area contributed by atoms with Crippen LogP contribution in [0.15, 0.2) is 18.2 Å². The zero-order chi connectivity index (χ0) is 14.8. The third-order valence-electron chi connectivity index (χ3n) is 4.71. The van der Waals surface area contributed by atoms with E-state index in [1.54, 1.807) is 0 Å². The fourth-order valence-electron chi connectivity index (χ4n) is 3.40. The summed E-state index contributed by atoms with van der Waals surface area (Å²) in [5.74, 6) is -0.413. The first-order valence-corrected chi connectivity index (χ1v) is 7.56. The summed E-state index contributed by atoms with van der Waals surface area (Å²) in [6, 6.07) is 3.67. The van der Waals surface area contributed by atoms with Gasteiger partial charge in [0.15, 0.2) is 11.6 Å². The van der Waals surface area contributed by atoms with Crippen molar-refractivity contribution in [3.8, 4) is 0 Å². The highest BCUT2D eigenvalue weighted by molar-refractivity contribution is 5.78. The van der Waals surface area contributed by atoms with Crippen molar-refractivity contribution in [2.45, 2.75) is 19.3 Å². The minimum atomic E-state index is -0.892. The number of hydrogen-bond acceptors (Lipinski definition) is 2. The molecule has 0 aromatic heterocycles. The molecular formula is C16H20F2N2O. The molecule has 0 radical (unpaired) electrons. The molecule has 2 fully saturated rings. The van der Waals surface area contributed by atoms with Gasteiger partial charge < -0.3 is 10.2 Å². The summed E-state index contributed by atoms with van der Waals surface area (Å²) in [5.41, 5.74) is 0.532. The van der Waals surface area contributed by atoms with Crippen LogP contribution in [0.25, 0.3) is 0 Å². The second-order valence-corrected chi connectivity index (χ2v) is 6.06. The molecule has 21 heavy (non-hydrogen) atoms. The minimum Gasteiger partial charge on any atom is -0.342 e. The molecule has 0 saturated carbocycles. The number of benzene rings is 1. The minimum absolute atomic E-state index is 0.00828. The van der Waals surface area contributed by atoms with Crippen LogP contribution in [0.5, 0.6) is 0 Å². The van der Waals surface area contributed by atoms with Crippen LogP contribution in [-0.2, 0) is 11.2 Å². The van der Waals surface area contributed by atoms with E-state index in [0.717, 1.165) is 51.2 Å². The molecule has 2 aliphatic heterocycles. The van der Waals surface area contributed by atoms with Crippen molar-refractivity contribution in [3.63, 3.8) is 0 Å². The number of likely N-dealkylation sites (tertiary alicyclic amines) is 1. The topological polar surface area (TPSA) is 32.3 Å². The lowest BCUT2D eigenvalue weighted by Gasteiger charge is -2.21. The maximum Gasteiger partial charge on any atom is 0.226 e. The molecule has 0 bridgehead atoms. The van der Waals surface area contributed by atoms with Crippen molar-refractivity contribution in [2.24, 2.45) is 11.8 Å². The maximum atomic E-state index is 13.2. The molecule has 1 aromatic rings. The summed E-state index contributed by atoms with van der Waals surface area (Å²) >= 11 is 0. The molecule has 1 amide bonds. The van der Waals surface area contributed by atoms with Gasteiger partial charge >= 0.3 is 0 Å². The lowest BCUT2D eigenvalue weighted by Crippen LogP contribution is -2.33. The summed E-state index contributed by atoms with van der Waals surface area (Å²) in [6.07, 6.45) is 2.20. The Hall–Kier alpha value is -1.49. The predicted molar refractivity (Wildman–Crippen MR) is 75.7 cm³/mol.